The van der Waals surface area contributed by atoms with E-state index in [4.69, 9.17) is 22.1 Å². The summed E-state index contributed by atoms with van der Waals surface area (Å²) >= 11 is 5.93. The molecular weight excluding hydrogens is 346 g/mol. The maximum atomic E-state index is 13.1. The summed E-state index contributed by atoms with van der Waals surface area (Å²) in [5, 5.41) is -0.111. The lowest BCUT2D eigenvalue weighted by molar-refractivity contribution is 0.171. The highest BCUT2D eigenvalue weighted by Gasteiger charge is 2.69. The fourth-order valence-electron chi connectivity index (χ4n) is 3.34. The van der Waals surface area contributed by atoms with Gasteiger partial charge < -0.3 is 10.5 Å². The first-order valence-electron chi connectivity index (χ1n) is 7.64. The summed E-state index contributed by atoms with van der Waals surface area (Å²) in [5.41, 5.74) is 7.36. The average Bonchev–Trinajstić information content (AvgIpc) is 3.15. The van der Waals surface area contributed by atoms with Gasteiger partial charge in [0, 0.05) is 18.1 Å². The third-order valence-electron chi connectivity index (χ3n) is 4.61. The number of nitrogens with two attached hydrogens (primary N) is 1. The highest BCUT2D eigenvalue weighted by Crippen LogP contribution is 2.55. The van der Waals surface area contributed by atoms with Crippen LogP contribution in [-0.2, 0) is 14.6 Å². The normalized spacial score (nSPS) is 26.3. The molecule has 24 heavy (non-hydrogen) atoms. The number of sulfone groups is 1. The number of benzene rings is 2. The number of hydrogen-bond donors (Lipinski definition) is 1. The molecule has 0 saturated heterocycles. The van der Waals surface area contributed by atoms with Crippen molar-refractivity contribution in [3.8, 4) is 0 Å². The summed E-state index contributed by atoms with van der Waals surface area (Å²) in [6.45, 7) is 2.10. The van der Waals surface area contributed by atoms with E-state index in [2.05, 4.69) is 0 Å². The molecule has 0 aromatic heterocycles. The van der Waals surface area contributed by atoms with Crippen molar-refractivity contribution in [3.63, 3.8) is 0 Å². The van der Waals surface area contributed by atoms with E-state index < -0.39 is 20.6 Å². The molecule has 3 rings (SSSR count). The second-order valence-corrected chi connectivity index (χ2v) is 8.86. The van der Waals surface area contributed by atoms with Crippen molar-refractivity contribution in [2.75, 3.05) is 13.7 Å². The number of methoxy groups -OCH3 is 1. The molecule has 0 bridgehead atoms. The van der Waals surface area contributed by atoms with E-state index in [1.807, 2.05) is 19.1 Å². The zero-order valence-electron chi connectivity index (χ0n) is 13.6. The monoisotopic (exact) mass is 365 g/mol. The van der Waals surface area contributed by atoms with Gasteiger partial charge in [-0.3, -0.25) is 0 Å². The first kappa shape index (κ1) is 17.4. The van der Waals surface area contributed by atoms with Crippen molar-refractivity contribution in [2.24, 2.45) is 5.73 Å². The van der Waals surface area contributed by atoms with E-state index in [9.17, 15) is 8.42 Å². The van der Waals surface area contributed by atoms with Crippen LogP contribution in [0, 0.1) is 6.92 Å². The van der Waals surface area contributed by atoms with E-state index in [1.165, 1.54) is 7.11 Å². The molecule has 0 heterocycles. The summed E-state index contributed by atoms with van der Waals surface area (Å²) in [5.74, 6) is -0.319. The van der Waals surface area contributed by atoms with Crippen LogP contribution in [-0.4, -0.2) is 32.9 Å². The third-order valence-corrected chi connectivity index (χ3v) is 7.17. The van der Waals surface area contributed by atoms with Crippen LogP contribution < -0.4 is 5.73 Å². The minimum absolute atomic E-state index is 0.177. The molecule has 1 aliphatic rings. The summed E-state index contributed by atoms with van der Waals surface area (Å²) < 4.78 is 31.4. The van der Waals surface area contributed by atoms with E-state index >= 15 is 0 Å². The molecule has 2 aromatic carbocycles. The second kappa shape index (κ2) is 6.15. The van der Waals surface area contributed by atoms with E-state index in [1.54, 1.807) is 36.4 Å². The minimum atomic E-state index is -3.56. The Morgan fingerprint density at radius 1 is 1.12 bits per heavy atom. The van der Waals surface area contributed by atoms with Crippen LogP contribution in [0.1, 0.15) is 17.0 Å². The molecule has 0 amide bonds. The van der Waals surface area contributed by atoms with Crippen LogP contribution in [0.15, 0.2) is 53.4 Å². The Kier molecular flexibility index (Phi) is 4.47. The van der Waals surface area contributed by atoms with Crippen LogP contribution in [0.4, 0.5) is 0 Å². The fraction of sp³-hybridized carbons (Fsp3) is 0.333. The molecule has 6 heteroatoms. The smallest absolute Gasteiger partial charge is 0.183 e. The van der Waals surface area contributed by atoms with E-state index in [-0.39, 0.29) is 12.5 Å². The number of hydrogen-bond acceptors (Lipinski definition) is 4. The van der Waals surface area contributed by atoms with Gasteiger partial charge in [-0.2, -0.15) is 0 Å². The quantitative estimate of drug-likeness (QED) is 0.884. The molecule has 4 nitrogen and oxygen atoms in total. The topological polar surface area (TPSA) is 69.4 Å². The molecule has 0 aliphatic heterocycles. The minimum Gasteiger partial charge on any atom is -0.383 e. The van der Waals surface area contributed by atoms with Gasteiger partial charge in [-0.1, -0.05) is 41.4 Å². The van der Waals surface area contributed by atoms with Crippen molar-refractivity contribution in [1.29, 1.82) is 0 Å². The van der Waals surface area contributed by atoms with E-state index in [0.29, 0.717) is 9.92 Å². The zero-order valence-corrected chi connectivity index (χ0v) is 15.1. The van der Waals surface area contributed by atoms with Gasteiger partial charge in [-0.15, -0.1) is 0 Å². The molecule has 1 aliphatic carbocycles. The van der Waals surface area contributed by atoms with Crippen molar-refractivity contribution < 1.29 is 13.2 Å². The van der Waals surface area contributed by atoms with Crippen LogP contribution in [0.3, 0.4) is 0 Å². The van der Waals surface area contributed by atoms with Crippen molar-refractivity contribution in [3.05, 3.63) is 64.7 Å². The highest BCUT2D eigenvalue weighted by molar-refractivity contribution is 7.92. The lowest BCUT2D eigenvalue weighted by Crippen LogP contribution is -2.35. The molecule has 0 spiro atoms. The van der Waals surface area contributed by atoms with Gasteiger partial charge in [0.25, 0.3) is 0 Å². The number of ether oxygens (including phenoxy) is 1. The van der Waals surface area contributed by atoms with Gasteiger partial charge in [0.1, 0.15) is 0 Å². The lowest BCUT2D eigenvalue weighted by Gasteiger charge is -2.11. The molecular formula is C18H20ClNO3S. The molecule has 1 saturated carbocycles. The molecule has 0 unspecified atom stereocenters. The fourth-order valence-corrected chi connectivity index (χ4v) is 5.76. The number of halogens is 1. The van der Waals surface area contributed by atoms with Gasteiger partial charge in [0.15, 0.2) is 9.84 Å². The predicted octanol–water partition coefficient (Wildman–Crippen LogP) is 2.93. The maximum Gasteiger partial charge on any atom is 0.183 e. The van der Waals surface area contributed by atoms with Gasteiger partial charge in [0.2, 0.25) is 0 Å². The first-order valence-corrected chi connectivity index (χ1v) is 9.57. The highest BCUT2D eigenvalue weighted by atomic mass is 35.5. The van der Waals surface area contributed by atoms with Crippen molar-refractivity contribution in [1.82, 2.24) is 0 Å². The van der Waals surface area contributed by atoms with Crippen LogP contribution in [0.5, 0.6) is 0 Å². The molecule has 1 fully saturated rings. The summed E-state index contributed by atoms with van der Waals surface area (Å²) in [6.07, 6.45) is 0. The molecule has 2 N–H and O–H groups in total. The Morgan fingerprint density at radius 3 is 2.25 bits per heavy atom. The summed E-state index contributed by atoms with van der Waals surface area (Å²) in [6, 6.07) is 14.0. The van der Waals surface area contributed by atoms with Gasteiger partial charge in [-0.25, -0.2) is 8.42 Å². The SMILES string of the molecule is COC[C@@]1(N)[C@H](c2ccc(Cl)cc2)[C@@H]1S(=O)(=O)c1ccc(C)cc1. The predicted molar refractivity (Wildman–Crippen MR) is 95.1 cm³/mol. The Balaban J connectivity index is 2.01. The molecule has 0 radical (unpaired) electrons. The molecule has 128 valence electrons. The standard InChI is InChI=1S/C18H20ClNO3S/c1-12-3-9-15(10-4-12)24(21,22)17-16(18(17,20)11-23-2)13-5-7-14(19)8-6-13/h3-10,16-17H,11,20H2,1-2H3/t16-,17+,18-/m1/s1. The Morgan fingerprint density at radius 2 is 1.71 bits per heavy atom. The summed E-state index contributed by atoms with van der Waals surface area (Å²) in [4.78, 5) is 0.292. The van der Waals surface area contributed by atoms with Crippen molar-refractivity contribution >= 4 is 21.4 Å². The average molecular weight is 366 g/mol. The van der Waals surface area contributed by atoms with Crippen LogP contribution in [0.25, 0.3) is 0 Å². The third kappa shape index (κ3) is 2.86. The largest absolute Gasteiger partial charge is 0.383 e. The first-order chi connectivity index (χ1) is 11.3. The molecule has 2 aromatic rings. The van der Waals surface area contributed by atoms with Crippen molar-refractivity contribution in [2.45, 2.75) is 28.5 Å². The Hall–Kier alpha value is -1.40. The van der Waals surface area contributed by atoms with E-state index in [0.717, 1.165) is 11.1 Å². The Labute approximate surface area is 147 Å². The lowest BCUT2D eigenvalue weighted by atomic mass is 10.1. The van der Waals surface area contributed by atoms with Gasteiger partial charge in [-0.05, 0) is 36.8 Å². The second-order valence-electron chi connectivity index (χ2n) is 6.35. The number of rotatable bonds is 5. The van der Waals surface area contributed by atoms with Gasteiger partial charge in [0.05, 0.1) is 22.3 Å². The Bertz CT molecular complexity index is 834. The number of aryl methyl sites for hydroxylation is 1. The zero-order chi connectivity index (χ0) is 17.5. The maximum absolute atomic E-state index is 13.1. The summed E-state index contributed by atoms with van der Waals surface area (Å²) in [7, 11) is -2.03. The molecule has 3 atom stereocenters. The van der Waals surface area contributed by atoms with Crippen LogP contribution in [0.2, 0.25) is 5.02 Å². The van der Waals surface area contributed by atoms with Gasteiger partial charge >= 0.3 is 0 Å². The van der Waals surface area contributed by atoms with Crippen LogP contribution >= 0.6 is 11.6 Å².